The SMILES string of the molecule is CC1=C(c2[nH]c(C)cc2C)c2ccccc2C1C1C(=O)Nc2ccc(NC(=O)C(O)CO)cc21. The number of aliphatic hydroxyl groups excluding tert-OH is 2. The molecule has 7 nitrogen and oxygen atoms in total. The van der Waals surface area contributed by atoms with Crippen LogP contribution in [0.4, 0.5) is 11.4 Å². The number of carbonyl (C=O) groups is 2. The van der Waals surface area contributed by atoms with Crippen molar-refractivity contribution in [2.45, 2.75) is 38.7 Å². The Morgan fingerprint density at radius 2 is 1.82 bits per heavy atom. The number of anilines is 2. The summed E-state index contributed by atoms with van der Waals surface area (Å²) in [5.74, 6) is -1.42. The van der Waals surface area contributed by atoms with E-state index >= 15 is 0 Å². The summed E-state index contributed by atoms with van der Waals surface area (Å²) in [6, 6.07) is 15.5. The number of aryl methyl sites for hydroxylation is 2. The number of aromatic nitrogens is 1. The van der Waals surface area contributed by atoms with Crippen LogP contribution in [0.15, 0.2) is 54.1 Å². The van der Waals surface area contributed by atoms with Crippen molar-refractivity contribution in [2.75, 3.05) is 17.2 Å². The van der Waals surface area contributed by atoms with Crippen molar-refractivity contribution in [1.29, 1.82) is 0 Å². The summed E-state index contributed by atoms with van der Waals surface area (Å²) < 4.78 is 0. The highest BCUT2D eigenvalue weighted by Crippen LogP contribution is 2.54. The minimum atomic E-state index is -1.51. The van der Waals surface area contributed by atoms with E-state index in [1.54, 1.807) is 18.2 Å². The molecular formula is C27H27N3O4. The number of nitrogens with one attached hydrogen (secondary N) is 3. The molecule has 2 amide bonds. The summed E-state index contributed by atoms with van der Waals surface area (Å²) in [7, 11) is 0. The van der Waals surface area contributed by atoms with Gasteiger partial charge in [0.25, 0.3) is 5.91 Å². The molecule has 174 valence electrons. The van der Waals surface area contributed by atoms with Crippen LogP contribution in [0, 0.1) is 13.8 Å². The Morgan fingerprint density at radius 3 is 2.53 bits per heavy atom. The number of amides is 2. The topological polar surface area (TPSA) is 114 Å². The smallest absolute Gasteiger partial charge is 0.255 e. The zero-order chi connectivity index (χ0) is 24.1. The molecule has 34 heavy (non-hydrogen) atoms. The van der Waals surface area contributed by atoms with Gasteiger partial charge in [0.05, 0.1) is 12.5 Å². The fraction of sp³-hybridized carbons (Fsp3) is 0.259. The highest BCUT2D eigenvalue weighted by molar-refractivity contribution is 6.06. The summed E-state index contributed by atoms with van der Waals surface area (Å²) in [4.78, 5) is 28.9. The van der Waals surface area contributed by atoms with Crippen molar-refractivity contribution < 1.29 is 19.8 Å². The van der Waals surface area contributed by atoms with Gasteiger partial charge >= 0.3 is 0 Å². The third-order valence-corrected chi connectivity index (χ3v) is 6.83. The molecule has 5 N–H and O–H groups in total. The Hall–Kier alpha value is -3.68. The number of hydrogen-bond acceptors (Lipinski definition) is 4. The van der Waals surface area contributed by atoms with Crippen LogP contribution in [-0.4, -0.2) is 39.7 Å². The van der Waals surface area contributed by atoms with E-state index < -0.39 is 24.5 Å². The number of benzene rings is 2. The first-order valence-electron chi connectivity index (χ1n) is 11.3. The van der Waals surface area contributed by atoms with E-state index in [9.17, 15) is 14.7 Å². The predicted octanol–water partition coefficient (Wildman–Crippen LogP) is 3.58. The fourth-order valence-electron chi connectivity index (χ4n) is 5.35. The maximum atomic E-state index is 13.3. The van der Waals surface area contributed by atoms with E-state index in [0.717, 1.165) is 44.8 Å². The summed E-state index contributed by atoms with van der Waals surface area (Å²) in [5.41, 5.74) is 9.74. The first-order chi connectivity index (χ1) is 16.3. The van der Waals surface area contributed by atoms with Crippen LogP contribution in [0.3, 0.4) is 0 Å². The Labute approximate surface area is 197 Å². The van der Waals surface area contributed by atoms with Crippen molar-refractivity contribution in [3.63, 3.8) is 0 Å². The monoisotopic (exact) mass is 457 g/mol. The van der Waals surface area contributed by atoms with Crippen LogP contribution >= 0.6 is 0 Å². The zero-order valence-corrected chi connectivity index (χ0v) is 19.3. The van der Waals surface area contributed by atoms with Crippen molar-refractivity contribution in [2.24, 2.45) is 0 Å². The van der Waals surface area contributed by atoms with Gasteiger partial charge in [0.1, 0.15) is 0 Å². The Morgan fingerprint density at radius 1 is 1.06 bits per heavy atom. The third-order valence-electron chi connectivity index (χ3n) is 6.83. The van der Waals surface area contributed by atoms with E-state index in [4.69, 9.17) is 5.11 Å². The molecule has 2 heterocycles. The zero-order valence-electron chi connectivity index (χ0n) is 19.3. The number of rotatable bonds is 5. The quantitative estimate of drug-likeness (QED) is 0.403. The van der Waals surface area contributed by atoms with Crippen LogP contribution < -0.4 is 10.6 Å². The van der Waals surface area contributed by atoms with Crippen molar-refractivity contribution in [3.8, 4) is 0 Å². The van der Waals surface area contributed by atoms with Gasteiger partial charge in [-0.2, -0.15) is 0 Å². The molecule has 0 radical (unpaired) electrons. The lowest BCUT2D eigenvalue weighted by atomic mass is 9.80. The van der Waals surface area contributed by atoms with E-state index in [2.05, 4.69) is 47.7 Å². The lowest BCUT2D eigenvalue weighted by Crippen LogP contribution is -2.30. The molecule has 7 heteroatoms. The highest BCUT2D eigenvalue weighted by Gasteiger charge is 2.43. The number of aliphatic hydroxyl groups is 2. The molecule has 1 aliphatic carbocycles. The molecule has 1 aliphatic heterocycles. The summed E-state index contributed by atoms with van der Waals surface area (Å²) in [6.07, 6.45) is -1.51. The van der Waals surface area contributed by atoms with Gasteiger partial charge in [0.15, 0.2) is 6.10 Å². The second-order valence-corrected chi connectivity index (χ2v) is 9.09. The summed E-state index contributed by atoms with van der Waals surface area (Å²) >= 11 is 0. The molecular weight excluding hydrogens is 430 g/mol. The second kappa shape index (κ2) is 8.27. The van der Waals surface area contributed by atoms with E-state index in [-0.39, 0.29) is 11.8 Å². The minimum absolute atomic E-state index is 0.0892. The van der Waals surface area contributed by atoms with E-state index in [1.165, 1.54) is 0 Å². The molecule has 3 aromatic rings. The maximum absolute atomic E-state index is 13.3. The van der Waals surface area contributed by atoms with Gasteiger partial charge in [-0.15, -0.1) is 0 Å². The van der Waals surface area contributed by atoms with Crippen LogP contribution in [0.25, 0.3) is 5.57 Å². The normalized spacial score (nSPS) is 19.6. The number of carbonyl (C=O) groups excluding carboxylic acids is 2. The van der Waals surface area contributed by atoms with Crippen LogP contribution in [0.1, 0.15) is 52.4 Å². The first kappa shape index (κ1) is 22.1. The minimum Gasteiger partial charge on any atom is -0.393 e. The van der Waals surface area contributed by atoms with Crippen LogP contribution in [0.2, 0.25) is 0 Å². The highest BCUT2D eigenvalue weighted by atomic mass is 16.3. The lowest BCUT2D eigenvalue weighted by molar-refractivity contribution is -0.125. The van der Waals surface area contributed by atoms with E-state index in [1.807, 2.05) is 19.1 Å². The van der Waals surface area contributed by atoms with E-state index in [0.29, 0.717) is 11.4 Å². The number of allylic oxidation sites excluding steroid dienone is 1. The largest absolute Gasteiger partial charge is 0.393 e. The first-order valence-corrected chi connectivity index (χ1v) is 11.3. The Kier molecular flexibility index (Phi) is 5.38. The van der Waals surface area contributed by atoms with Crippen molar-refractivity contribution >= 4 is 28.8 Å². The average Bonchev–Trinajstić information content (AvgIpc) is 3.41. The summed E-state index contributed by atoms with van der Waals surface area (Å²) in [6.45, 7) is 5.55. The molecule has 5 rings (SSSR count). The molecule has 1 aromatic heterocycles. The van der Waals surface area contributed by atoms with Gasteiger partial charge in [-0.3, -0.25) is 9.59 Å². The molecule has 0 saturated heterocycles. The van der Waals surface area contributed by atoms with Gasteiger partial charge in [0.2, 0.25) is 5.91 Å². The second-order valence-electron chi connectivity index (χ2n) is 9.09. The van der Waals surface area contributed by atoms with Crippen molar-refractivity contribution in [3.05, 3.63) is 87.7 Å². The van der Waals surface area contributed by atoms with Gasteiger partial charge in [0, 0.05) is 34.3 Å². The van der Waals surface area contributed by atoms with Crippen LogP contribution in [0.5, 0.6) is 0 Å². The van der Waals surface area contributed by atoms with Gasteiger partial charge in [-0.05, 0) is 67.3 Å². The molecule has 0 bridgehead atoms. The number of hydrogen-bond donors (Lipinski definition) is 5. The number of H-pyrrole nitrogens is 1. The predicted molar refractivity (Wildman–Crippen MR) is 131 cm³/mol. The maximum Gasteiger partial charge on any atom is 0.255 e. The Bertz CT molecular complexity index is 1350. The number of fused-ring (bicyclic) bond motifs is 2. The molecule has 0 saturated carbocycles. The summed E-state index contributed by atoms with van der Waals surface area (Å²) in [5, 5.41) is 24.3. The average molecular weight is 458 g/mol. The molecule has 0 fully saturated rings. The standard InChI is InChI=1S/C27H27N3O4/c1-13-10-14(2)28-25(13)23-15(3)22(17-6-4-5-7-18(17)23)24-19-11-16(29-26(33)21(32)12-31)8-9-20(19)30-27(24)34/h4-11,21-22,24,28,31-32H,12H2,1-3H3,(H,29,33)(H,30,34). The van der Waals surface area contributed by atoms with Gasteiger partial charge < -0.3 is 25.8 Å². The van der Waals surface area contributed by atoms with Gasteiger partial charge in [-0.1, -0.05) is 29.8 Å². The van der Waals surface area contributed by atoms with Crippen LogP contribution in [-0.2, 0) is 9.59 Å². The molecule has 2 aromatic carbocycles. The molecule has 3 unspecified atom stereocenters. The molecule has 3 atom stereocenters. The molecule has 0 spiro atoms. The fourth-order valence-corrected chi connectivity index (χ4v) is 5.35. The molecule has 2 aliphatic rings. The lowest BCUT2D eigenvalue weighted by Gasteiger charge is -2.21. The van der Waals surface area contributed by atoms with Crippen molar-refractivity contribution in [1.82, 2.24) is 4.98 Å². The third kappa shape index (κ3) is 3.45. The Balaban J connectivity index is 1.61. The van der Waals surface area contributed by atoms with Gasteiger partial charge in [-0.25, -0.2) is 0 Å². The number of aromatic amines is 1.